The van der Waals surface area contributed by atoms with E-state index in [1.807, 2.05) is 5.32 Å². The molecule has 1 unspecified atom stereocenters. The van der Waals surface area contributed by atoms with Gasteiger partial charge in [-0.3, -0.25) is 14.5 Å². The first-order valence-electron chi connectivity index (χ1n) is 9.28. The van der Waals surface area contributed by atoms with Gasteiger partial charge in [0.1, 0.15) is 5.82 Å². The molecule has 0 aliphatic heterocycles. The second kappa shape index (κ2) is 9.73. The zero-order valence-corrected chi connectivity index (χ0v) is 17.5. The van der Waals surface area contributed by atoms with Crippen LogP contribution in [0.3, 0.4) is 0 Å². The first-order chi connectivity index (χ1) is 15.2. The number of alkyl halides is 3. The van der Waals surface area contributed by atoms with Crippen molar-refractivity contribution in [1.29, 1.82) is 0 Å². The molecule has 1 atom stereocenters. The molecule has 0 saturated carbocycles. The number of anilines is 2. The Kier molecular flexibility index (Phi) is 7.04. The summed E-state index contributed by atoms with van der Waals surface area (Å²) in [7, 11) is 0. The molecule has 0 bridgehead atoms. The van der Waals surface area contributed by atoms with Crippen LogP contribution in [0.15, 0.2) is 66.1 Å². The molecule has 3 aromatic rings. The van der Waals surface area contributed by atoms with Gasteiger partial charge in [0, 0.05) is 18.4 Å². The van der Waals surface area contributed by atoms with Crippen LogP contribution >= 0.6 is 11.3 Å². The summed E-state index contributed by atoms with van der Waals surface area (Å²) in [6.45, 7) is 1.25. The van der Waals surface area contributed by atoms with Crippen molar-refractivity contribution < 1.29 is 27.2 Å². The Bertz CT molecular complexity index is 1130. The number of nitrogens with one attached hydrogen (secondary N) is 1. The van der Waals surface area contributed by atoms with Crippen molar-refractivity contribution >= 4 is 40.0 Å². The van der Waals surface area contributed by atoms with Crippen LogP contribution in [0.4, 0.5) is 28.4 Å². The molecule has 1 N–H and O–H groups in total. The summed E-state index contributed by atoms with van der Waals surface area (Å²) in [6.07, 6.45) is -2.55. The van der Waals surface area contributed by atoms with Crippen molar-refractivity contribution in [3.63, 3.8) is 0 Å². The number of halogens is 4. The monoisotopic (exact) mass is 463 g/mol. The van der Waals surface area contributed by atoms with E-state index in [9.17, 15) is 27.2 Å². The van der Waals surface area contributed by atoms with Crippen LogP contribution in [-0.4, -0.2) is 23.0 Å². The van der Waals surface area contributed by atoms with Gasteiger partial charge in [0.05, 0.1) is 11.4 Å². The van der Waals surface area contributed by atoms with Gasteiger partial charge < -0.3 is 5.32 Å². The van der Waals surface area contributed by atoms with E-state index in [2.05, 4.69) is 4.98 Å². The van der Waals surface area contributed by atoms with E-state index in [0.29, 0.717) is 0 Å². The highest BCUT2D eigenvalue weighted by Crippen LogP contribution is 2.33. The molecular formula is C22H17F4N3O2S. The second-order valence-electron chi connectivity index (χ2n) is 6.59. The summed E-state index contributed by atoms with van der Waals surface area (Å²) in [5, 5.41) is 3.58. The molecule has 3 rings (SSSR count). The van der Waals surface area contributed by atoms with E-state index in [-0.39, 0.29) is 22.1 Å². The second-order valence-corrected chi connectivity index (χ2v) is 7.42. The molecule has 1 heterocycles. The number of para-hydroxylation sites is 1. The molecule has 0 saturated heterocycles. The lowest BCUT2D eigenvalue weighted by molar-refractivity contribution is -0.162. The van der Waals surface area contributed by atoms with Crippen LogP contribution in [0, 0.1) is 5.82 Å². The summed E-state index contributed by atoms with van der Waals surface area (Å²) in [5.74, 6) is -2.06. The molecule has 2 amide bonds. The first kappa shape index (κ1) is 23.1. The van der Waals surface area contributed by atoms with Gasteiger partial charge in [-0.1, -0.05) is 42.5 Å². The van der Waals surface area contributed by atoms with Gasteiger partial charge in [-0.25, -0.2) is 9.37 Å². The van der Waals surface area contributed by atoms with Gasteiger partial charge in [0.2, 0.25) is 11.8 Å². The van der Waals surface area contributed by atoms with Crippen molar-refractivity contribution in [1.82, 2.24) is 10.3 Å². The molecule has 0 spiro atoms. The molecule has 2 aromatic carbocycles. The highest BCUT2D eigenvalue weighted by molar-refractivity contribution is 7.14. The summed E-state index contributed by atoms with van der Waals surface area (Å²) in [5.41, 5.74) is 0.143. The number of amides is 2. The Morgan fingerprint density at radius 3 is 2.38 bits per heavy atom. The maximum atomic E-state index is 14.1. The largest absolute Gasteiger partial charge is 0.412 e. The van der Waals surface area contributed by atoms with Crippen LogP contribution < -0.4 is 10.2 Å². The smallest absolute Gasteiger partial charge is 0.337 e. The Morgan fingerprint density at radius 2 is 1.75 bits per heavy atom. The first-order valence-corrected chi connectivity index (χ1v) is 10.2. The number of rotatable bonds is 6. The van der Waals surface area contributed by atoms with Crippen LogP contribution in [0.1, 0.15) is 24.2 Å². The standard InChI is InChI=1S/C22H17F4N3O2S/c1-14(30)29(18-10-6-5-9-17(18)23)21-27-16(13-32-21)11-12-19(31)28-20(22(24,25)26)15-7-3-2-4-8-15/h2-13,20H,1H3,(H,28,31)/b12-11+. The van der Waals surface area contributed by atoms with Gasteiger partial charge in [0.25, 0.3) is 0 Å². The Morgan fingerprint density at radius 1 is 1.09 bits per heavy atom. The molecule has 1 aromatic heterocycles. The molecular weight excluding hydrogens is 446 g/mol. The Balaban J connectivity index is 1.77. The molecule has 166 valence electrons. The van der Waals surface area contributed by atoms with Crippen LogP contribution in [0.5, 0.6) is 0 Å². The molecule has 5 nitrogen and oxygen atoms in total. The third kappa shape index (κ3) is 5.58. The van der Waals surface area contributed by atoms with E-state index < -0.39 is 29.8 Å². The van der Waals surface area contributed by atoms with Crippen molar-refractivity contribution in [2.45, 2.75) is 19.1 Å². The van der Waals surface area contributed by atoms with Crippen molar-refractivity contribution in [3.05, 3.63) is 83.1 Å². The predicted octanol–water partition coefficient (Wildman–Crippen LogP) is 5.40. The fraction of sp³-hybridized carbons (Fsp3) is 0.136. The molecule has 10 heteroatoms. The van der Waals surface area contributed by atoms with E-state index in [0.717, 1.165) is 22.3 Å². The minimum absolute atomic E-state index is 0.0125. The topological polar surface area (TPSA) is 62.3 Å². The number of carbonyl (C=O) groups is 2. The van der Waals surface area contributed by atoms with Crippen LogP contribution in [0.25, 0.3) is 6.08 Å². The quantitative estimate of drug-likeness (QED) is 0.393. The average molecular weight is 463 g/mol. The Hall–Kier alpha value is -3.53. The highest BCUT2D eigenvalue weighted by Gasteiger charge is 2.41. The van der Waals surface area contributed by atoms with Crippen LogP contribution in [0.2, 0.25) is 0 Å². The number of hydrogen-bond acceptors (Lipinski definition) is 4. The van der Waals surface area contributed by atoms with Gasteiger partial charge in [0.15, 0.2) is 11.2 Å². The lowest BCUT2D eigenvalue weighted by atomic mass is 10.1. The fourth-order valence-electron chi connectivity index (χ4n) is 2.85. The average Bonchev–Trinajstić information content (AvgIpc) is 3.20. The predicted molar refractivity (Wildman–Crippen MR) is 114 cm³/mol. The lowest BCUT2D eigenvalue weighted by Crippen LogP contribution is -2.37. The third-order valence-electron chi connectivity index (χ3n) is 4.26. The summed E-state index contributed by atoms with van der Waals surface area (Å²) in [4.78, 5) is 29.4. The lowest BCUT2D eigenvalue weighted by Gasteiger charge is -2.21. The third-order valence-corrected chi connectivity index (χ3v) is 5.11. The number of thiazole rings is 1. The van der Waals surface area contributed by atoms with Gasteiger partial charge in [-0.2, -0.15) is 13.2 Å². The van der Waals surface area contributed by atoms with Crippen molar-refractivity contribution in [2.24, 2.45) is 0 Å². The molecule has 32 heavy (non-hydrogen) atoms. The number of aromatic nitrogens is 1. The van der Waals surface area contributed by atoms with Crippen LogP contribution in [-0.2, 0) is 9.59 Å². The zero-order chi connectivity index (χ0) is 23.3. The molecule has 0 aliphatic carbocycles. The minimum Gasteiger partial charge on any atom is -0.337 e. The summed E-state index contributed by atoms with van der Waals surface area (Å²) >= 11 is 1.02. The van der Waals surface area contributed by atoms with Gasteiger partial charge >= 0.3 is 6.18 Å². The van der Waals surface area contributed by atoms with E-state index >= 15 is 0 Å². The molecule has 0 fully saturated rings. The van der Waals surface area contributed by atoms with E-state index in [1.165, 1.54) is 60.8 Å². The molecule has 0 radical (unpaired) electrons. The van der Waals surface area contributed by atoms with E-state index in [1.54, 1.807) is 12.1 Å². The fourth-order valence-corrected chi connectivity index (χ4v) is 3.69. The number of benzene rings is 2. The van der Waals surface area contributed by atoms with Gasteiger partial charge in [-0.05, 0) is 23.8 Å². The van der Waals surface area contributed by atoms with E-state index in [4.69, 9.17) is 0 Å². The maximum Gasteiger partial charge on any atom is 0.412 e. The number of hydrogen-bond donors (Lipinski definition) is 1. The molecule has 0 aliphatic rings. The zero-order valence-electron chi connectivity index (χ0n) is 16.6. The Labute approximate surface area is 185 Å². The normalized spacial score (nSPS) is 12.5. The maximum absolute atomic E-state index is 14.1. The van der Waals surface area contributed by atoms with Gasteiger partial charge in [-0.15, -0.1) is 11.3 Å². The number of nitrogens with zero attached hydrogens (tertiary/aromatic N) is 2. The summed E-state index contributed by atoms with van der Waals surface area (Å²) in [6, 6.07) is 10.5. The minimum atomic E-state index is -4.68. The number of carbonyl (C=O) groups excluding carboxylic acids is 2. The summed E-state index contributed by atoms with van der Waals surface area (Å²) < 4.78 is 54.2. The van der Waals surface area contributed by atoms with Crippen molar-refractivity contribution in [2.75, 3.05) is 4.90 Å². The highest BCUT2D eigenvalue weighted by atomic mass is 32.1. The SMILES string of the molecule is CC(=O)N(c1nc(/C=C/C(=O)NC(c2ccccc2)C(F)(F)F)cs1)c1ccccc1F. The van der Waals surface area contributed by atoms with Crippen molar-refractivity contribution in [3.8, 4) is 0 Å².